The third-order valence-corrected chi connectivity index (χ3v) is 4.07. The second-order valence-corrected chi connectivity index (χ2v) is 5.26. The Morgan fingerprint density at radius 3 is 2.89 bits per heavy atom. The molecule has 0 saturated heterocycles. The Hall–Kier alpha value is -0.900. The van der Waals surface area contributed by atoms with Crippen molar-refractivity contribution < 1.29 is 0 Å². The molecule has 18 heavy (non-hydrogen) atoms. The first-order valence-corrected chi connectivity index (χ1v) is 7.45. The average Bonchev–Trinajstić information content (AvgIpc) is 2.72. The smallest absolute Gasteiger partial charge is 0.138 e. The summed E-state index contributed by atoms with van der Waals surface area (Å²) in [4.78, 5) is 4.43. The van der Waals surface area contributed by atoms with Crippen LogP contribution in [0.2, 0.25) is 0 Å². The lowest BCUT2D eigenvalue weighted by atomic mass is 9.91. The van der Waals surface area contributed by atoms with Crippen LogP contribution in [0.15, 0.2) is 6.33 Å². The second-order valence-electron chi connectivity index (χ2n) is 5.26. The fourth-order valence-corrected chi connectivity index (χ4v) is 3.10. The van der Waals surface area contributed by atoms with Crippen molar-refractivity contribution in [2.24, 2.45) is 5.92 Å². The van der Waals surface area contributed by atoms with E-state index >= 15 is 0 Å². The summed E-state index contributed by atoms with van der Waals surface area (Å²) >= 11 is 0. The largest absolute Gasteiger partial charge is 0.314 e. The van der Waals surface area contributed by atoms with E-state index in [9.17, 15) is 0 Å². The topological polar surface area (TPSA) is 42.7 Å². The molecule has 1 aliphatic rings. The van der Waals surface area contributed by atoms with Gasteiger partial charge in [-0.25, -0.2) is 4.98 Å². The van der Waals surface area contributed by atoms with Gasteiger partial charge in [0.2, 0.25) is 0 Å². The predicted octanol–water partition coefficient (Wildman–Crippen LogP) is 2.40. The van der Waals surface area contributed by atoms with Crippen LogP contribution in [0, 0.1) is 5.92 Å². The summed E-state index contributed by atoms with van der Waals surface area (Å²) in [5.74, 6) is 1.88. The number of rotatable bonds is 5. The molecule has 1 saturated carbocycles. The van der Waals surface area contributed by atoms with Crippen molar-refractivity contribution in [2.75, 3.05) is 6.54 Å². The van der Waals surface area contributed by atoms with Crippen molar-refractivity contribution >= 4 is 0 Å². The SMILES string of the molecule is CCNC1CCCCCC1Cc1ncnn1CC. The maximum Gasteiger partial charge on any atom is 0.138 e. The Morgan fingerprint density at radius 1 is 1.28 bits per heavy atom. The van der Waals surface area contributed by atoms with Crippen LogP contribution in [-0.2, 0) is 13.0 Å². The van der Waals surface area contributed by atoms with Gasteiger partial charge in [-0.2, -0.15) is 5.10 Å². The highest BCUT2D eigenvalue weighted by molar-refractivity contribution is 4.91. The standard InChI is InChI=1S/C14H26N4/c1-3-15-13-9-7-5-6-8-12(13)10-14-16-11-17-18(14)4-2/h11-13,15H,3-10H2,1-2H3. The summed E-state index contributed by atoms with van der Waals surface area (Å²) < 4.78 is 2.04. The molecule has 1 aromatic heterocycles. The number of aromatic nitrogens is 3. The monoisotopic (exact) mass is 250 g/mol. The molecule has 1 aliphatic carbocycles. The first-order valence-electron chi connectivity index (χ1n) is 7.45. The third-order valence-electron chi connectivity index (χ3n) is 4.07. The molecule has 1 heterocycles. The van der Waals surface area contributed by atoms with Crippen LogP contribution < -0.4 is 5.32 Å². The molecule has 0 aliphatic heterocycles. The zero-order valence-electron chi connectivity index (χ0n) is 11.7. The summed E-state index contributed by atoms with van der Waals surface area (Å²) in [6, 6.07) is 0.666. The van der Waals surface area contributed by atoms with Crippen LogP contribution >= 0.6 is 0 Å². The van der Waals surface area contributed by atoms with E-state index in [0.717, 1.165) is 31.3 Å². The Labute approximate surface area is 110 Å². The Morgan fingerprint density at radius 2 is 2.11 bits per heavy atom. The molecular formula is C14H26N4. The molecule has 0 aromatic carbocycles. The van der Waals surface area contributed by atoms with Crippen molar-refractivity contribution in [2.45, 2.75) is 65.0 Å². The quantitative estimate of drug-likeness (QED) is 0.816. The molecule has 4 heteroatoms. The van der Waals surface area contributed by atoms with Gasteiger partial charge in [-0.05, 0) is 32.2 Å². The molecule has 1 aromatic rings. The minimum atomic E-state index is 0.666. The van der Waals surface area contributed by atoms with E-state index in [-0.39, 0.29) is 0 Å². The van der Waals surface area contributed by atoms with Crippen molar-refractivity contribution in [1.82, 2.24) is 20.1 Å². The number of hydrogen-bond acceptors (Lipinski definition) is 3. The minimum absolute atomic E-state index is 0.666. The summed E-state index contributed by atoms with van der Waals surface area (Å²) in [7, 11) is 0. The number of aryl methyl sites for hydroxylation is 1. The van der Waals surface area contributed by atoms with Crippen molar-refractivity contribution in [3.8, 4) is 0 Å². The fourth-order valence-electron chi connectivity index (χ4n) is 3.10. The highest BCUT2D eigenvalue weighted by atomic mass is 15.3. The maximum absolute atomic E-state index is 4.43. The van der Waals surface area contributed by atoms with Gasteiger partial charge in [0.1, 0.15) is 12.2 Å². The molecule has 0 bridgehead atoms. The lowest BCUT2D eigenvalue weighted by Crippen LogP contribution is -2.36. The summed E-state index contributed by atoms with van der Waals surface area (Å²) in [5.41, 5.74) is 0. The van der Waals surface area contributed by atoms with Crippen LogP contribution in [-0.4, -0.2) is 27.4 Å². The van der Waals surface area contributed by atoms with E-state index in [0.29, 0.717) is 6.04 Å². The lowest BCUT2D eigenvalue weighted by molar-refractivity contribution is 0.328. The Kier molecular flexibility index (Phi) is 5.17. The molecule has 102 valence electrons. The summed E-state index contributed by atoms with van der Waals surface area (Å²) in [5, 5.41) is 7.95. The minimum Gasteiger partial charge on any atom is -0.314 e. The second kappa shape index (κ2) is 6.88. The van der Waals surface area contributed by atoms with Crippen molar-refractivity contribution in [1.29, 1.82) is 0 Å². The van der Waals surface area contributed by atoms with Gasteiger partial charge in [0.15, 0.2) is 0 Å². The first-order chi connectivity index (χ1) is 8.85. The number of nitrogens with one attached hydrogen (secondary N) is 1. The highest BCUT2D eigenvalue weighted by Crippen LogP contribution is 2.26. The summed E-state index contributed by atoms with van der Waals surface area (Å²) in [6.07, 6.45) is 9.54. The zero-order valence-corrected chi connectivity index (χ0v) is 11.7. The van der Waals surface area contributed by atoms with Gasteiger partial charge < -0.3 is 5.32 Å². The Balaban J connectivity index is 2.03. The molecule has 0 radical (unpaired) electrons. The number of nitrogens with zero attached hydrogens (tertiary/aromatic N) is 3. The molecule has 4 nitrogen and oxygen atoms in total. The number of hydrogen-bond donors (Lipinski definition) is 1. The fraction of sp³-hybridized carbons (Fsp3) is 0.857. The van der Waals surface area contributed by atoms with Gasteiger partial charge >= 0.3 is 0 Å². The van der Waals surface area contributed by atoms with Gasteiger partial charge in [0.25, 0.3) is 0 Å². The molecule has 2 atom stereocenters. The van der Waals surface area contributed by atoms with Gasteiger partial charge in [-0.1, -0.05) is 26.2 Å². The molecule has 0 spiro atoms. The van der Waals surface area contributed by atoms with Gasteiger partial charge in [-0.3, -0.25) is 4.68 Å². The molecule has 1 fully saturated rings. The Bertz CT molecular complexity index is 347. The third kappa shape index (κ3) is 3.31. The van der Waals surface area contributed by atoms with Gasteiger partial charge in [0, 0.05) is 19.0 Å². The highest BCUT2D eigenvalue weighted by Gasteiger charge is 2.24. The van der Waals surface area contributed by atoms with E-state index < -0.39 is 0 Å². The van der Waals surface area contributed by atoms with Gasteiger partial charge in [-0.15, -0.1) is 0 Å². The van der Waals surface area contributed by atoms with Crippen molar-refractivity contribution in [3.63, 3.8) is 0 Å². The van der Waals surface area contributed by atoms with E-state index in [1.807, 2.05) is 4.68 Å². The molecule has 0 amide bonds. The van der Waals surface area contributed by atoms with Crippen molar-refractivity contribution in [3.05, 3.63) is 12.2 Å². The van der Waals surface area contributed by atoms with Crippen LogP contribution in [0.4, 0.5) is 0 Å². The molecule has 2 rings (SSSR count). The van der Waals surface area contributed by atoms with Crippen LogP contribution in [0.5, 0.6) is 0 Å². The predicted molar refractivity (Wildman–Crippen MR) is 73.4 cm³/mol. The first kappa shape index (κ1) is 13.5. The van der Waals surface area contributed by atoms with E-state index in [1.165, 1.54) is 32.1 Å². The molecular weight excluding hydrogens is 224 g/mol. The van der Waals surface area contributed by atoms with Gasteiger partial charge in [0.05, 0.1) is 0 Å². The average molecular weight is 250 g/mol. The lowest BCUT2D eigenvalue weighted by Gasteiger charge is -2.25. The van der Waals surface area contributed by atoms with Crippen LogP contribution in [0.1, 0.15) is 51.8 Å². The van der Waals surface area contributed by atoms with E-state index in [1.54, 1.807) is 6.33 Å². The van der Waals surface area contributed by atoms with E-state index in [2.05, 4.69) is 29.2 Å². The molecule has 1 N–H and O–H groups in total. The maximum atomic E-state index is 4.43. The molecule has 2 unspecified atom stereocenters. The van der Waals surface area contributed by atoms with Crippen LogP contribution in [0.3, 0.4) is 0 Å². The zero-order chi connectivity index (χ0) is 12.8. The summed E-state index contributed by atoms with van der Waals surface area (Å²) in [6.45, 7) is 6.33. The van der Waals surface area contributed by atoms with E-state index in [4.69, 9.17) is 0 Å². The normalized spacial score (nSPS) is 25.0. The van der Waals surface area contributed by atoms with Crippen LogP contribution in [0.25, 0.3) is 0 Å².